The van der Waals surface area contributed by atoms with Crippen molar-refractivity contribution in [3.8, 4) is 5.75 Å². The van der Waals surface area contributed by atoms with E-state index in [0.717, 1.165) is 12.0 Å². The molecule has 3 nitrogen and oxygen atoms in total. The van der Waals surface area contributed by atoms with Crippen molar-refractivity contribution >= 4 is 11.7 Å². The number of hydrogen-bond acceptors (Lipinski definition) is 3. The molecule has 0 bridgehead atoms. The Morgan fingerprint density at radius 3 is 2.59 bits per heavy atom. The van der Waals surface area contributed by atoms with Crippen molar-refractivity contribution < 1.29 is 9.53 Å². The quantitative estimate of drug-likeness (QED) is 0.497. The van der Waals surface area contributed by atoms with Gasteiger partial charge in [0.1, 0.15) is 0 Å². The topological polar surface area (TPSA) is 52.3 Å². The lowest BCUT2D eigenvalue weighted by Crippen LogP contribution is -2.14. The van der Waals surface area contributed by atoms with Gasteiger partial charge in [0.2, 0.25) is 0 Å². The van der Waals surface area contributed by atoms with Gasteiger partial charge in [-0.25, -0.2) is 0 Å². The fourth-order valence-corrected chi connectivity index (χ4v) is 1.39. The van der Waals surface area contributed by atoms with E-state index < -0.39 is 0 Å². The van der Waals surface area contributed by atoms with Crippen molar-refractivity contribution in [1.29, 1.82) is 0 Å². The number of ether oxygens (including phenoxy) is 1. The minimum atomic E-state index is -0.225. The van der Waals surface area contributed by atoms with Crippen LogP contribution in [0.5, 0.6) is 5.75 Å². The van der Waals surface area contributed by atoms with Crippen LogP contribution in [0, 0.1) is 12.3 Å². The van der Waals surface area contributed by atoms with Gasteiger partial charge in [0.25, 0.3) is 0 Å². The maximum Gasteiger partial charge on any atom is 0.311 e. The fraction of sp³-hybridized carbons (Fsp3) is 0.500. The van der Waals surface area contributed by atoms with Crippen molar-refractivity contribution in [2.24, 2.45) is 5.41 Å². The number of anilines is 1. The van der Waals surface area contributed by atoms with Gasteiger partial charge in [0.05, 0.1) is 5.69 Å². The Labute approximate surface area is 103 Å². The van der Waals surface area contributed by atoms with Gasteiger partial charge < -0.3 is 10.5 Å². The summed E-state index contributed by atoms with van der Waals surface area (Å²) in [5, 5.41) is 0. The van der Waals surface area contributed by atoms with E-state index in [-0.39, 0.29) is 11.4 Å². The van der Waals surface area contributed by atoms with Crippen LogP contribution >= 0.6 is 0 Å². The molecule has 0 aliphatic carbocycles. The first kappa shape index (κ1) is 13.6. The Hall–Kier alpha value is -1.51. The minimum absolute atomic E-state index is 0.136. The normalized spacial score (nSPS) is 11.3. The highest BCUT2D eigenvalue weighted by atomic mass is 16.5. The van der Waals surface area contributed by atoms with Crippen LogP contribution in [0.2, 0.25) is 0 Å². The van der Waals surface area contributed by atoms with Crippen LogP contribution in [0.1, 0.15) is 39.2 Å². The van der Waals surface area contributed by atoms with E-state index >= 15 is 0 Å². The number of aryl methyl sites for hydroxylation is 1. The molecule has 0 radical (unpaired) electrons. The lowest BCUT2D eigenvalue weighted by molar-refractivity contribution is -0.134. The Kier molecular flexibility index (Phi) is 4.16. The summed E-state index contributed by atoms with van der Waals surface area (Å²) in [5.41, 5.74) is 7.43. The number of benzene rings is 1. The van der Waals surface area contributed by atoms with Crippen molar-refractivity contribution in [2.45, 2.75) is 40.5 Å². The second-order valence-corrected chi connectivity index (χ2v) is 5.52. The van der Waals surface area contributed by atoms with Gasteiger partial charge in [0, 0.05) is 6.42 Å². The Morgan fingerprint density at radius 2 is 2.00 bits per heavy atom. The molecule has 0 aliphatic heterocycles. The molecule has 1 aromatic rings. The summed E-state index contributed by atoms with van der Waals surface area (Å²) in [6.45, 7) is 8.19. The molecule has 3 heteroatoms. The summed E-state index contributed by atoms with van der Waals surface area (Å²) < 4.78 is 5.26. The van der Waals surface area contributed by atoms with E-state index in [4.69, 9.17) is 10.5 Å². The van der Waals surface area contributed by atoms with Gasteiger partial charge in [-0.1, -0.05) is 32.9 Å². The molecule has 0 aliphatic rings. The molecule has 0 fully saturated rings. The first-order valence-corrected chi connectivity index (χ1v) is 5.85. The highest BCUT2D eigenvalue weighted by Crippen LogP contribution is 2.26. The number of rotatable bonds is 3. The molecular formula is C14H21NO2. The molecule has 0 amide bonds. The summed E-state index contributed by atoms with van der Waals surface area (Å²) in [6, 6.07) is 5.44. The predicted octanol–water partition coefficient (Wildman–Crippen LogP) is 3.31. The second-order valence-electron chi connectivity index (χ2n) is 5.52. The summed E-state index contributed by atoms with van der Waals surface area (Å²) in [4.78, 5) is 11.6. The van der Waals surface area contributed by atoms with Crippen LogP contribution < -0.4 is 10.5 Å². The number of esters is 1. The zero-order valence-corrected chi connectivity index (χ0v) is 11.0. The van der Waals surface area contributed by atoms with Crippen molar-refractivity contribution in [1.82, 2.24) is 0 Å². The molecule has 0 saturated carbocycles. The molecule has 0 unspecified atom stereocenters. The van der Waals surface area contributed by atoms with Gasteiger partial charge in [-0.2, -0.15) is 0 Å². The largest absolute Gasteiger partial charge is 0.424 e. The molecule has 1 aromatic carbocycles. The Balaban J connectivity index is 2.60. The molecule has 1 rings (SSSR count). The van der Waals surface area contributed by atoms with Crippen molar-refractivity contribution in [3.05, 3.63) is 23.8 Å². The van der Waals surface area contributed by atoms with E-state index in [2.05, 4.69) is 20.8 Å². The Bertz CT molecular complexity index is 405. The van der Waals surface area contributed by atoms with Gasteiger partial charge >= 0.3 is 5.97 Å². The van der Waals surface area contributed by atoms with Crippen molar-refractivity contribution in [3.63, 3.8) is 0 Å². The van der Waals surface area contributed by atoms with Gasteiger partial charge in [-0.3, -0.25) is 4.79 Å². The summed E-state index contributed by atoms with van der Waals surface area (Å²) in [6.07, 6.45) is 1.22. The molecule has 2 N–H and O–H groups in total. The number of hydrogen-bond donors (Lipinski definition) is 1. The van der Waals surface area contributed by atoms with Gasteiger partial charge in [0.15, 0.2) is 5.75 Å². The molecule has 0 saturated heterocycles. The first-order chi connectivity index (χ1) is 7.79. The van der Waals surface area contributed by atoms with Gasteiger partial charge in [-0.15, -0.1) is 0 Å². The SMILES string of the molecule is Cc1cccc(OC(=O)CCC(C)(C)C)c1N. The predicted molar refractivity (Wildman–Crippen MR) is 69.9 cm³/mol. The third-order valence-electron chi connectivity index (χ3n) is 2.59. The number of carbonyl (C=O) groups excluding carboxylic acids is 1. The summed E-state index contributed by atoms with van der Waals surface area (Å²) in [7, 11) is 0. The second kappa shape index (κ2) is 5.21. The van der Waals surface area contributed by atoms with Crippen LogP contribution in [0.3, 0.4) is 0 Å². The molecule has 0 spiro atoms. The maximum absolute atomic E-state index is 11.6. The number of para-hydroxylation sites is 1. The maximum atomic E-state index is 11.6. The lowest BCUT2D eigenvalue weighted by Gasteiger charge is -2.17. The standard InChI is InChI=1S/C14H21NO2/c1-10-6-5-7-11(13(10)15)17-12(16)8-9-14(2,3)4/h5-7H,8-9,15H2,1-4H3. The van der Waals surface area contributed by atoms with Crippen LogP contribution in [-0.4, -0.2) is 5.97 Å². The van der Waals surface area contributed by atoms with Crippen LogP contribution in [0.25, 0.3) is 0 Å². The smallest absolute Gasteiger partial charge is 0.311 e. The van der Waals surface area contributed by atoms with E-state index in [1.54, 1.807) is 6.07 Å². The molecule has 0 heterocycles. The highest BCUT2D eigenvalue weighted by molar-refractivity contribution is 5.75. The van der Waals surface area contributed by atoms with Crippen LogP contribution in [-0.2, 0) is 4.79 Å². The average molecular weight is 235 g/mol. The third kappa shape index (κ3) is 4.47. The minimum Gasteiger partial charge on any atom is -0.424 e. The van der Waals surface area contributed by atoms with E-state index in [0.29, 0.717) is 17.9 Å². The summed E-state index contributed by atoms with van der Waals surface area (Å²) >= 11 is 0. The Morgan fingerprint density at radius 1 is 1.35 bits per heavy atom. The third-order valence-corrected chi connectivity index (χ3v) is 2.59. The molecule has 0 aromatic heterocycles. The number of nitrogen functional groups attached to an aromatic ring is 1. The summed E-state index contributed by atoms with van der Waals surface area (Å²) in [5.74, 6) is 0.237. The molecular weight excluding hydrogens is 214 g/mol. The number of carbonyl (C=O) groups is 1. The zero-order chi connectivity index (χ0) is 13.1. The zero-order valence-electron chi connectivity index (χ0n) is 11.0. The monoisotopic (exact) mass is 235 g/mol. The van der Waals surface area contributed by atoms with E-state index in [1.165, 1.54) is 0 Å². The average Bonchev–Trinajstić information content (AvgIpc) is 2.21. The van der Waals surface area contributed by atoms with Crippen LogP contribution in [0.15, 0.2) is 18.2 Å². The molecule has 17 heavy (non-hydrogen) atoms. The lowest BCUT2D eigenvalue weighted by atomic mass is 9.91. The van der Waals surface area contributed by atoms with E-state index in [1.807, 2.05) is 19.1 Å². The van der Waals surface area contributed by atoms with Crippen LogP contribution in [0.4, 0.5) is 5.69 Å². The van der Waals surface area contributed by atoms with E-state index in [9.17, 15) is 4.79 Å². The van der Waals surface area contributed by atoms with Crippen molar-refractivity contribution in [2.75, 3.05) is 5.73 Å². The van der Waals surface area contributed by atoms with Gasteiger partial charge in [-0.05, 0) is 30.4 Å². The number of nitrogens with two attached hydrogens (primary N) is 1. The first-order valence-electron chi connectivity index (χ1n) is 5.85. The highest BCUT2D eigenvalue weighted by Gasteiger charge is 2.15. The molecule has 94 valence electrons. The molecule has 0 atom stereocenters. The fourth-order valence-electron chi connectivity index (χ4n) is 1.39.